The van der Waals surface area contributed by atoms with Crippen molar-refractivity contribution in [3.63, 3.8) is 0 Å². The molecule has 0 aromatic rings. The molecule has 0 saturated carbocycles. The molecule has 0 heterocycles. The third-order valence-electron chi connectivity index (χ3n) is 3.96. The number of carboxylic acid groups (broad SMARTS) is 2. The monoisotopic (exact) mass is 286 g/mol. The minimum atomic E-state index is -0.735. The highest BCUT2D eigenvalue weighted by Gasteiger charge is 2.35. The van der Waals surface area contributed by atoms with Gasteiger partial charge >= 0.3 is 11.9 Å². The second kappa shape index (κ2) is 10.7. The van der Waals surface area contributed by atoms with Crippen LogP contribution in [0.15, 0.2) is 0 Å². The molecule has 0 rings (SSSR count). The molecule has 4 nitrogen and oxygen atoms in total. The Morgan fingerprint density at radius 1 is 0.800 bits per heavy atom. The van der Waals surface area contributed by atoms with E-state index in [0.717, 1.165) is 64.2 Å². The first-order chi connectivity index (χ1) is 9.48. The number of aliphatic carboxylic acids is 2. The summed E-state index contributed by atoms with van der Waals surface area (Å²) < 4.78 is 0. The fourth-order valence-corrected chi connectivity index (χ4v) is 2.92. The molecule has 0 aromatic carbocycles. The van der Waals surface area contributed by atoms with Crippen LogP contribution >= 0.6 is 0 Å². The lowest BCUT2D eigenvalue weighted by molar-refractivity contribution is -0.150. The third kappa shape index (κ3) is 7.51. The molecule has 0 spiro atoms. The molecule has 0 fully saturated rings. The molecule has 2 N–H and O–H groups in total. The quantitative estimate of drug-likeness (QED) is 0.490. The summed E-state index contributed by atoms with van der Waals surface area (Å²) >= 11 is 0. The highest BCUT2D eigenvalue weighted by Crippen LogP contribution is 2.36. The molecule has 0 amide bonds. The van der Waals surface area contributed by atoms with Gasteiger partial charge in [-0.25, -0.2) is 0 Å². The normalized spacial score (nSPS) is 11.5. The molecule has 0 unspecified atom stereocenters. The third-order valence-corrected chi connectivity index (χ3v) is 3.96. The van der Waals surface area contributed by atoms with E-state index in [-0.39, 0.29) is 6.42 Å². The van der Waals surface area contributed by atoms with E-state index in [2.05, 4.69) is 0 Å². The fraction of sp³-hybridized carbons (Fsp3) is 0.875. The molecule has 0 atom stereocenters. The standard InChI is InChI=1S/C16H30O4/c1-3-11-16(12-4-2,15(19)20)13-9-7-5-6-8-10-14(17)18/h3-13H2,1-2H3,(H,17,18)(H,19,20). The molecule has 0 aromatic heterocycles. The van der Waals surface area contributed by atoms with E-state index in [0.29, 0.717) is 0 Å². The van der Waals surface area contributed by atoms with Gasteiger partial charge in [-0.15, -0.1) is 0 Å². The average Bonchev–Trinajstić information content (AvgIpc) is 2.37. The zero-order valence-corrected chi connectivity index (χ0v) is 13.0. The minimum absolute atomic E-state index is 0.241. The average molecular weight is 286 g/mol. The Kier molecular flexibility index (Phi) is 10.1. The van der Waals surface area contributed by atoms with Crippen molar-refractivity contribution < 1.29 is 19.8 Å². The van der Waals surface area contributed by atoms with Crippen LogP contribution in [0.2, 0.25) is 0 Å². The first-order valence-electron chi connectivity index (χ1n) is 7.93. The van der Waals surface area contributed by atoms with Gasteiger partial charge in [0.15, 0.2) is 0 Å². The van der Waals surface area contributed by atoms with Crippen LogP contribution in [0.4, 0.5) is 0 Å². The van der Waals surface area contributed by atoms with E-state index in [1.807, 2.05) is 13.8 Å². The van der Waals surface area contributed by atoms with Crippen LogP contribution in [-0.4, -0.2) is 22.2 Å². The van der Waals surface area contributed by atoms with Crippen molar-refractivity contribution in [1.29, 1.82) is 0 Å². The molecule has 4 heteroatoms. The van der Waals surface area contributed by atoms with Gasteiger partial charge in [0.1, 0.15) is 0 Å². The zero-order valence-electron chi connectivity index (χ0n) is 13.0. The number of unbranched alkanes of at least 4 members (excludes halogenated alkanes) is 4. The van der Waals surface area contributed by atoms with Gasteiger partial charge in [-0.1, -0.05) is 52.4 Å². The van der Waals surface area contributed by atoms with Crippen LogP contribution in [0.25, 0.3) is 0 Å². The fourth-order valence-electron chi connectivity index (χ4n) is 2.92. The number of carbonyl (C=O) groups is 2. The van der Waals surface area contributed by atoms with Crippen LogP contribution < -0.4 is 0 Å². The molecule has 0 saturated heterocycles. The lowest BCUT2D eigenvalue weighted by Gasteiger charge is -2.29. The predicted molar refractivity (Wildman–Crippen MR) is 79.8 cm³/mol. The Balaban J connectivity index is 4.01. The predicted octanol–water partition coefficient (Wildman–Crippen LogP) is 4.47. The first-order valence-corrected chi connectivity index (χ1v) is 7.93. The Bertz CT molecular complexity index is 280. The summed E-state index contributed by atoms with van der Waals surface area (Å²) in [6.45, 7) is 4.08. The topological polar surface area (TPSA) is 74.6 Å². The van der Waals surface area contributed by atoms with E-state index in [4.69, 9.17) is 5.11 Å². The minimum Gasteiger partial charge on any atom is -0.481 e. The Morgan fingerprint density at radius 2 is 1.30 bits per heavy atom. The van der Waals surface area contributed by atoms with Gasteiger partial charge in [0.25, 0.3) is 0 Å². The van der Waals surface area contributed by atoms with Crippen molar-refractivity contribution in [3.05, 3.63) is 0 Å². The summed E-state index contributed by atoms with van der Waals surface area (Å²) in [6, 6.07) is 0. The molecule has 0 aliphatic heterocycles. The van der Waals surface area contributed by atoms with E-state index in [9.17, 15) is 14.7 Å². The molecule has 0 radical (unpaired) electrons. The second-order valence-electron chi connectivity index (χ2n) is 5.75. The molecule has 0 aliphatic rings. The van der Waals surface area contributed by atoms with E-state index >= 15 is 0 Å². The van der Waals surface area contributed by atoms with Crippen LogP contribution in [0, 0.1) is 5.41 Å². The largest absolute Gasteiger partial charge is 0.481 e. The highest BCUT2D eigenvalue weighted by atomic mass is 16.4. The molecular formula is C16H30O4. The lowest BCUT2D eigenvalue weighted by Crippen LogP contribution is -2.31. The second-order valence-corrected chi connectivity index (χ2v) is 5.75. The van der Waals surface area contributed by atoms with Crippen molar-refractivity contribution in [2.75, 3.05) is 0 Å². The summed E-state index contributed by atoms with van der Waals surface area (Å²) in [6.07, 6.45) is 8.91. The van der Waals surface area contributed by atoms with Gasteiger partial charge in [0, 0.05) is 6.42 Å². The SMILES string of the molecule is CCCC(CCC)(CCCCCCCC(=O)O)C(=O)O. The van der Waals surface area contributed by atoms with E-state index < -0.39 is 17.4 Å². The Labute approximate surface area is 122 Å². The smallest absolute Gasteiger partial charge is 0.309 e. The van der Waals surface area contributed by atoms with Gasteiger partial charge in [-0.2, -0.15) is 0 Å². The molecule has 0 aliphatic carbocycles. The van der Waals surface area contributed by atoms with Gasteiger partial charge < -0.3 is 10.2 Å². The van der Waals surface area contributed by atoms with Gasteiger partial charge in [0.2, 0.25) is 0 Å². The first kappa shape index (κ1) is 18.9. The summed E-state index contributed by atoms with van der Waals surface area (Å²) in [4.78, 5) is 22.0. The number of hydrogen-bond acceptors (Lipinski definition) is 2. The number of carboxylic acids is 2. The van der Waals surface area contributed by atoms with Crippen LogP contribution in [0.3, 0.4) is 0 Å². The summed E-state index contributed by atoms with van der Waals surface area (Å²) in [5.41, 5.74) is -0.537. The summed E-state index contributed by atoms with van der Waals surface area (Å²) in [5, 5.41) is 18.1. The maximum Gasteiger partial charge on any atom is 0.309 e. The lowest BCUT2D eigenvalue weighted by atomic mass is 9.75. The number of rotatable bonds is 13. The Hall–Kier alpha value is -1.06. The maximum absolute atomic E-state index is 11.6. The molecule has 0 bridgehead atoms. The summed E-state index contributed by atoms with van der Waals surface area (Å²) in [7, 11) is 0. The van der Waals surface area contributed by atoms with Gasteiger partial charge in [-0.3, -0.25) is 9.59 Å². The van der Waals surface area contributed by atoms with Crippen molar-refractivity contribution in [1.82, 2.24) is 0 Å². The molecule has 118 valence electrons. The highest BCUT2D eigenvalue weighted by molar-refractivity contribution is 5.74. The van der Waals surface area contributed by atoms with Gasteiger partial charge in [0.05, 0.1) is 5.41 Å². The van der Waals surface area contributed by atoms with Crippen LogP contribution in [0.5, 0.6) is 0 Å². The summed E-state index contributed by atoms with van der Waals surface area (Å²) in [5.74, 6) is -1.38. The van der Waals surface area contributed by atoms with E-state index in [1.165, 1.54) is 0 Å². The van der Waals surface area contributed by atoms with Crippen molar-refractivity contribution in [2.24, 2.45) is 5.41 Å². The molecular weight excluding hydrogens is 256 g/mol. The number of hydrogen-bond donors (Lipinski definition) is 2. The zero-order chi connectivity index (χ0) is 15.4. The van der Waals surface area contributed by atoms with E-state index in [1.54, 1.807) is 0 Å². The molecule has 20 heavy (non-hydrogen) atoms. The Morgan fingerprint density at radius 3 is 1.75 bits per heavy atom. The van der Waals surface area contributed by atoms with Crippen molar-refractivity contribution >= 4 is 11.9 Å². The van der Waals surface area contributed by atoms with Crippen molar-refractivity contribution in [3.8, 4) is 0 Å². The van der Waals surface area contributed by atoms with Crippen molar-refractivity contribution in [2.45, 2.75) is 84.5 Å². The van der Waals surface area contributed by atoms with Gasteiger partial charge in [-0.05, 0) is 25.7 Å². The van der Waals surface area contributed by atoms with Crippen LogP contribution in [-0.2, 0) is 9.59 Å². The maximum atomic E-state index is 11.6. The van der Waals surface area contributed by atoms with Crippen LogP contribution in [0.1, 0.15) is 84.5 Å².